The minimum absolute atomic E-state index is 0.0792. The Bertz CT molecular complexity index is 588. The van der Waals surface area contributed by atoms with Crippen molar-refractivity contribution in [3.05, 3.63) is 29.8 Å². The van der Waals surface area contributed by atoms with Crippen molar-refractivity contribution in [1.82, 2.24) is 15.4 Å². The molecule has 0 saturated carbocycles. The molecule has 0 atom stereocenters. The molecule has 0 unspecified atom stereocenters. The second-order valence-electron chi connectivity index (χ2n) is 4.50. The van der Waals surface area contributed by atoms with Crippen molar-refractivity contribution in [2.45, 2.75) is 13.5 Å². The molecule has 0 spiro atoms. The Balaban J connectivity index is 2.36. The lowest BCUT2D eigenvalue weighted by atomic mass is 10.2. The summed E-state index contributed by atoms with van der Waals surface area (Å²) in [7, 11) is 0.142. The molecule has 0 heterocycles. The molecule has 1 rings (SSSR count). The minimum atomic E-state index is -3.15. The van der Waals surface area contributed by atoms with Gasteiger partial charge in [-0.2, -0.15) is 0 Å². The Hall–Kier alpha value is -1.80. The van der Waals surface area contributed by atoms with Gasteiger partial charge >= 0.3 is 0 Å². The summed E-state index contributed by atoms with van der Waals surface area (Å²) in [6, 6.07) is 7.73. The largest absolute Gasteiger partial charge is 0.497 e. The second kappa shape index (κ2) is 9.26. The monoisotopic (exact) mass is 328 g/mol. The smallest absolute Gasteiger partial charge is 0.211 e. The van der Waals surface area contributed by atoms with Crippen LogP contribution in [0.4, 0.5) is 0 Å². The maximum Gasteiger partial charge on any atom is 0.211 e. The molecular formula is C14H24N4O3S. The highest BCUT2D eigenvalue weighted by Crippen LogP contribution is 2.11. The highest BCUT2D eigenvalue weighted by atomic mass is 32.2. The second-order valence-corrected chi connectivity index (χ2v) is 6.60. The van der Waals surface area contributed by atoms with Crippen LogP contribution in [0.15, 0.2) is 29.3 Å². The molecule has 0 radical (unpaired) electrons. The third kappa shape index (κ3) is 6.77. The summed E-state index contributed by atoms with van der Waals surface area (Å²) in [5, 5.41) is 6.20. The van der Waals surface area contributed by atoms with E-state index in [1.165, 1.54) is 0 Å². The molecule has 0 fully saturated rings. The van der Waals surface area contributed by atoms with Crippen LogP contribution in [-0.4, -0.2) is 47.4 Å². The fraction of sp³-hybridized carbons (Fsp3) is 0.500. The maximum absolute atomic E-state index is 11.3. The molecule has 0 aromatic heterocycles. The van der Waals surface area contributed by atoms with E-state index in [2.05, 4.69) is 20.3 Å². The average molecular weight is 328 g/mol. The van der Waals surface area contributed by atoms with E-state index >= 15 is 0 Å². The molecule has 124 valence electrons. The minimum Gasteiger partial charge on any atom is -0.497 e. The molecule has 8 heteroatoms. The number of methoxy groups -OCH3 is 1. The lowest BCUT2D eigenvalue weighted by Gasteiger charge is -2.12. The zero-order valence-corrected chi connectivity index (χ0v) is 14.0. The number of nitrogens with zero attached hydrogens (tertiary/aromatic N) is 1. The number of guanidine groups is 1. The van der Waals surface area contributed by atoms with Gasteiger partial charge in [0.05, 0.1) is 12.9 Å². The Morgan fingerprint density at radius 3 is 2.68 bits per heavy atom. The predicted octanol–water partition coefficient (Wildman–Crippen LogP) is 0.300. The van der Waals surface area contributed by atoms with Gasteiger partial charge in [-0.1, -0.05) is 12.1 Å². The van der Waals surface area contributed by atoms with Gasteiger partial charge in [0.15, 0.2) is 5.96 Å². The van der Waals surface area contributed by atoms with Crippen LogP contribution >= 0.6 is 0 Å². The number of rotatable bonds is 8. The normalized spacial score (nSPS) is 12.0. The molecule has 0 aliphatic rings. The van der Waals surface area contributed by atoms with Crippen molar-refractivity contribution >= 4 is 16.0 Å². The summed E-state index contributed by atoms with van der Waals surface area (Å²) in [5.74, 6) is 1.49. The van der Waals surface area contributed by atoms with Crippen LogP contribution < -0.4 is 20.1 Å². The van der Waals surface area contributed by atoms with Gasteiger partial charge in [0, 0.05) is 26.7 Å². The van der Waals surface area contributed by atoms with Gasteiger partial charge in [-0.3, -0.25) is 4.99 Å². The zero-order valence-electron chi connectivity index (χ0n) is 13.2. The Morgan fingerprint density at radius 1 is 1.27 bits per heavy atom. The van der Waals surface area contributed by atoms with Gasteiger partial charge < -0.3 is 15.4 Å². The lowest BCUT2D eigenvalue weighted by Crippen LogP contribution is -2.41. The number of nitrogens with one attached hydrogen (secondary N) is 3. The fourth-order valence-electron chi connectivity index (χ4n) is 1.68. The first-order valence-electron chi connectivity index (χ1n) is 7.05. The standard InChI is InChI=1S/C14H24N4O3S/c1-4-22(19,20)18-9-8-16-14(15-2)17-11-12-6-5-7-13(10-12)21-3/h5-7,10,18H,4,8-9,11H2,1-3H3,(H2,15,16,17). The number of hydrogen-bond donors (Lipinski definition) is 3. The van der Waals surface area contributed by atoms with Crippen LogP contribution in [0, 0.1) is 0 Å². The van der Waals surface area contributed by atoms with E-state index in [1.54, 1.807) is 21.1 Å². The molecule has 0 aliphatic carbocycles. The molecule has 3 N–H and O–H groups in total. The maximum atomic E-state index is 11.3. The predicted molar refractivity (Wildman–Crippen MR) is 88.7 cm³/mol. The SMILES string of the molecule is CCS(=O)(=O)NCCNC(=NC)NCc1cccc(OC)c1. The van der Waals surface area contributed by atoms with E-state index in [4.69, 9.17) is 4.74 Å². The molecule has 0 amide bonds. The van der Waals surface area contributed by atoms with Gasteiger partial charge in [-0.05, 0) is 24.6 Å². The summed E-state index contributed by atoms with van der Waals surface area (Å²) >= 11 is 0. The lowest BCUT2D eigenvalue weighted by molar-refractivity contribution is 0.414. The number of benzene rings is 1. The van der Waals surface area contributed by atoms with Crippen LogP contribution in [-0.2, 0) is 16.6 Å². The molecule has 1 aromatic carbocycles. The summed E-state index contributed by atoms with van der Waals surface area (Å²) in [6.45, 7) is 2.97. The molecule has 7 nitrogen and oxygen atoms in total. The van der Waals surface area contributed by atoms with Crippen LogP contribution in [0.3, 0.4) is 0 Å². The van der Waals surface area contributed by atoms with E-state index in [-0.39, 0.29) is 5.75 Å². The van der Waals surface area contributed by atoms with Crippen molar-refractivity contribution in [3.63, 3.8) is 0 Å². The zero-order chi connectivity index (χ0) is 16.4. The van der Waals surface area contributed by atoms with Crippen molar-refractivity contribution in [2.75, 3.05) is 33.0 Å². The van der Waals surface area contributed by atoms with Crippen molar-refractivity contribution in [1.29, 1.82) is 0 Å². The van der Waals surface area contributed by atoms with Gasteiger partial charge in [0.1, 0.15) is 5.75 Å². The third-order valence-electron chi connectivity index (χ3n) is 2.94. The van der Waals surface area contributed by atoms with E-state index in [9.17, 15) is 8.42 Å². The summed E-state index contributed by atoms with van der Waals surface area (Å²) < 4.78 is 30.2. The Labute approximate surface area is 132 Å². The van der Waals surface area contributed by atoms with E-state index in [0.717, 1.165) is 11.3 Å². The number of ether oxygens (including phenoxy) is 1. The van der Waals surface area contributed by atoms with E-state index < -0.39 is 10.0 Å². The first-order chi connectivity index (χ1) is 10.5. The fourth-order valence-corrected chi connectivity index (χ4v) is 2.30. The van der Waals surface area contributed by atoms with Crippen LogP contribution in [0.1, 0.15) is 12.5 Å². The van der Waals surface area contributed by atoms with E-state index in [1.807, 2.05) is 24.3 Å². The Morgan fingerprint density at radius 2 is 2.05 bits per heavy atom. The molecular weight excluding hydrogens is 304 g/mol. The molecule has 0 bridgehead atoms. The topological polar surface area (TPSA) is 91.8 Å². The first-order valence-corrected chi connectivity index (χ1v) is 8.70. The van der Waals surface area contributed by atoms with Gasteiger partial charge in [-0.15, -0.1) is 0 Å². The van der Waals surface area contributed by atoms with Gasteiger partial charge in [-0.25, -0.2) is 13.1 Å². The average Bonchev–Trinajstić information content (AvgIpc) is 2.54. The van der Waals surface area contributed by atoms with Gasteiger partial charge in [0.2, 0.25) is 10.0 Å². The first kappa shape index (κ1) is 18.2. The quantitative estimate of drug-likeness (QED) is 0.363. The van der Waals surface area contributed by atoms with Crippen molar-refractivity contribution < 1.29 is 13.2 Å². The number of hydrogen-bond acceptors (Lipinski definition) is 4. The van der Waals surface area contributed by atoms with E-state index in [0.29, 0.717) is 25.6 Å². The number of aliphatic imine (C=N–C) groups is 1. The van der Waals surface area contributed by atoms with Crippen LogP contribution in [0.25, 0.3) is 0 Å². The molecule has 1 aromatic rings. The summed E-state index contributed by atoms with van der Waals surface area (Å²) in [6.07, 6.45) is 0. The highest BCUT2D eigenvalue weighted by Gasteiger charge is 2.05. The highest BCUT2D eigenvalue weighted by molar-refractivity contribution is 7.89. The van der Waals surface area contributed by atoms with Crippen molar-refractivity contribution in [2.24, 2.45) is 4.99 Å². The molecule has 22 heavy (non-hydrogen) atoms. The molecule has 0 aliphatic heterocycles. The Kier molecular flexibility index (Phi) is 7.69. The summed E-state index contributed by atoms with van der Waals surface area (Å²) in [5.41, 5.74) is 1.06. The van der Waals surface area contributed by atoms with Crippen LogP contribution in [0.5, 0.6) is 5.75 Å². The van der Waals surface area contributed by atoms with Gasteiger partial charge in [0.25, 0.3) is 0 Å². The summed E-state index contributed by atoms with van der Waals surface area (Å²) in [4.78, 5) is 4.09. The van der Waals surface area contributed by atoms with Crippen LogP contribution in [0.2, 0.25) is 0 Å². The van der Waals surface area contributed by atoms with Crippen molar-refractivity contribution in [3.8, 4) is 5.75 Å². The third-order valence-corrected chi connectivity index (χ3v) is 4.34. The molecule has 0 saturated heterocycles. The number of sulfonamides is 1.